The van der Waals surface area contributed by atoms with Crippen molar-refractivity contribution in [2.45, 2.75) is 56.4 Å². The van der Waals surface area contributed by atoms with E-state index < -0.39 is 0 Å². The zero-order chi connectivity index (χ0) is 12.7. The second-order valence-corrected chi connectivity index (χ2v) is 8.11. The van der Waals surface area contributed by atoms with Gasteiger partial charge in [0, 0.05) is 16.4 Å². The highest BCUT2D eigenvalue weighted by Gasteiger charge is 2.38. The molecule has 0 amide bonds. The summed E-state index contributed by atoms with van der Waals surface area (Å²) < 4.78 is 5.91. The molecule has 2 unspecified atom stereocenters. The first-order valence-corrected chi connectivity index (χ1v) is 7.94. The molecule has 96 valence electrons. The minimum absolute atomic E-state index is 0.0278. The van der Waals surface area contributed by atoms with Crippen molar-refractivity contribution >= 4 is 27.3 Å². The summed E-state index contributed by atoms with van der Waals surface area (Å²) >= 11 is 5.74. The average Bonchev–Trinajstić information content (AvgIpc) is 2.84. The van der Waals surface area contributed by atoms with Gasteiger partial charge in [0.15, 0.2) is 0 Å². The summed E-state index contributed by atoms with van der Waals surface area (Å²) in [5, 5.41) is 0. The predicted octanol–water partition coefficient (Wildman–Crippen LogP) is 5.05. The third-order valence-corrected chi connectivity index (χ3v) is 6.74. The van der Waals surface area contributed by atoms with Crippen molar-refractivity contribution in [3.05, 3.63) is 21.9 Å². The van der Waals surface area contributed by atoms with Crippen molar-refractivity contribution in [2.75, 3.05) is 6.61 Å². The van der Waals surface area contributed by atoms with Crippen LogP contribution >= 0.6 is 27.3 Å². The molecule has 1 nitrogen and oxygen atoms in total. The Morgan fingerprint density at radius 2 is 2.12 bits per heavy atom. The third-order valence-electron chi connectivity index (χ3n) is 3.40. The maximum Gasteiger partial charge on any atom is 0.0828 e. The van der Waals surface area contributed by atoms with Crippen molar-refractivity contribution < 1.29 is 4.74 Å². The summed E-state index contributed by atoms with van der Waals surface area (Å²) in [6, 6.07) is 4.50. The van der Waals surface area contributed by atoms with Gasteiger partial charge < -0.3 is 4.74 Å². The molecule has 2 rings (SSSR count). The molecule has 3 heteroatoms. The minimum Gasteiger partial charge on any atom is -0.374 e. The fourth-order valence-electron chi connectivity index (χ4n) is 2.19. The lowest BCUT2D eigenvalue weighted by atomic mass is 9.94. The van der Waals surface area contributed by atoms with Gasteiger partial charge in [-0.05, 0) is 37.3 Å². The van der Waals surface area contributed by atoms with E-state index in [1.54, 1.807) is 0 Å². The third kappa shape index (κ3) is 2.77. The Hall–Kier alpha value is 0.140. The van der Waals surface area contributed by atoms with Crippen LogP contribution in [0.3, 0.4) is 0 Å². The number of halogens is 1. The lowest BCUT2D eigenvalue weighted by Gasteiger charge is -2.28. The van der Waals surface area contributed by atoms with Crippen LogP contribution in [0.15, 0.2) is 12.1 Å². The molecule has 0 aromatic carbocycles. The zero-order valence-electron chi connectivity index (χ0n) is 11.0. The standard InChI is InChI=1S/C14H21BrOS/c1-13(2,3)11-7-6-10(17-11)12(15)14(4)8-5-9-16-14/h6-7,12H,5,8-9H2,1-4H3. The molecule has 1 saturated heterocycles. The highest BCUT2D eigenvalue weighted by atomic mass is 79.9. The van der Waals surface area contributed by atoms with E-state index in [9.17, 15) is 0 Å². The molecule has 0 radical (unpaired) electrons. The molecule has 0 N–H and O–H groups in total. The Morgan fingerprint density at radius 3 is 2.59 bits per heavy atom. The topological polar surface area (TPSA) is 9.23 Å². The monoisotopic (exact) mass is 316 g/mol. The van der Waals surface area contributed by atoms with Crippen LogP contribution in [-0.4, -0.2) is 12.2 Å². The first-order valence-electron chi connectivity index (χ1n) is 6.21. The molecule has 1 aliphatic heterocycles. The van der Waals surface area contributed by atoms with Crippen LogP contribution in [-0.2, 0) is 10.2 Å². The maximum absolute atomic E-state index is 5.91. The van der Waals surface area contributed by atoms with E-state index in [4.69, 9.17) is 4.74 Å². The summed E-state index contributed by atoms with van der Waals surface area (Å²) in [5.74, 6) is 0. The first-order chi connectivity index (χ1) is 7.83. The molecular weight excluding hydrogens is 296 g/mol. The Balaban J connectivity index is 2.20. The molecule has 1 fully saturated rings. The maximum atomic E-state index is 5.91. The van der Waals surface area contributed by atoms with Crippen LogP contribution in [0, 0.1) is 0 Å². The van der Waals surface area contributed by atoms with E-state index in [1.165, 1.54) is 16.2 Å². The van der Waals surface area contributed by atoms with E-state index in [1.807, 2.05) is 11.3 Å². The number of hydrogen-bond acceptors (Lipinski definition) is 2. The van der Waals surface area contributed by atoms with Gasteiger partial charge in [0.05, 0.1) is 10.4 Å². The van der Waals surface area contributed by atoms with Gasteiger partial charge in [0.1, 0.15) is 0 Å². The van der Waals surface area contributed by atoms with Crippen molar-refractivity contribution in [3.63, 3.8) is 0 Å². The number of thiophene rings is 1. The molecule has 1 aromatic heterocycles. The Bertz CT molecular complexity index is 385. The zero-order valence-corrected chi connectivity index (χ0v) is 13.5. The van der Waals surface area contributed by atoms with Gasteiger partial charge in [-0.15, -0.1) is 11.3 Å². The van der Waals surface area contributed by atoms with Crippen LogP contribution in [0.5, 0.6) is 0 Å². The van der Waals surface area contributed by atoms with Gasteiger partial charge in [0.2, 0.25) is 0 Å². The van der Waals surface area contributed by atoms with Crippen molar-refractivity contribution in [3.8, 4) is 0 Å². The molecular formula is C14H21BrOS. The van der Waals surface area contributed by atoms with Crippen LogP contribution < -0.4 is 0 Å². The SMILES string of the molecule is CC(C)(C)c1ccc(C(Br)C2(C)CCCO2)s1. The molecule has 0 aliphatic carbocycles. The Morgan fingerprint density at radius 1 is 1.41 bits per heavy atom. The van der Waals surface area contributed by atoms with E-state index >= 15 is 0 Å². The van der Waals surface area contributed by atoms with E-state index in [0.717, 1.165) is 13.0 Å². The number of rotatable bonds is 2. The highest BCUT2D eigenvalue weighted by molar-refractivity contribution is 9.09. The summed E-state index contributed by atoms with van der Waals surface area (Å²) in [6.45, 7) is 9.91. The normalized spacial score (nSPS) is 27.4. The van der Waals surface area contributed by atoms with Crippen LogP contribution in [0.1, 0.15) is 55.1 Å². The average molecular weight is 317 g/mol. The molecule has 0 spiro atoms. The van der Waals surface area contributed by atoms with E-state index in [0.29, 0.717) is 4.83 Å². The van der Waals surface area contributed by atoms with Crippen LogP contribution in [0.4, 0.5) is 0 Å². The highest BCUT2D eigenvalue weighted by Crippen LogP contribution is 2.46. The molecule has 1 aromatic rings. The van der Waals surface area contributed by atoms with Crippen LogP contribution in [0.2, 0.25) is 0 Å². The second kappa shape index (κ2) is 4.67. The molecule has 17 heavy (non-hydrogen) atoms. The van der Waals surface area contributed by atoms with Gasteiger partial charge >= 0.3 is 0 Å². The summed E-state index contributed by atoms with van der Waals surface area (Å²) in [5.41, 5.74) is 0.215. The Labute approximate surface area is 117 Å². The van der Waals surface area contributed by atoms with Crippen LogP contribution in [0.25, 0.3) is 0 Å². The summed E-state index contributed by atoms with van der Waals surface area (Å²) in [6.07, 6.45) is 2.32. The minimum atomic E-state index is -0.0278. The van der Waals surface area contributed by atoms with Gasteiger partial charge in [0.25, 0.3) is 0 Å². The molecule has 2 atom stereocenters. The van der Waals surface area contributed by atoms with Gasteiger partial charge in [-0.25, -0.2) is 0 Å². The Kier molecular flexibility index (Phi) is 3.73. The fraction of sp³-hybridized carbons (Fsp3) is 0.714. The summed E-state index contributed by atoms with van der Waals surface area (Å²) in [4.78, 5) is 3.15. The molecule has 0 bridgehead atoms. The van der Waals surface area contributed by atoms with Crippen molar-refractivity contribution in [1.82, 2.24) is 0 Å². The van der Waals surface area contributed by atoms with Gasteiger partial charge in [-0.3, -0.25) is 0 Å². The van der Waals surface area contributed by atoms with Crippen molar-refractivity contribution in [2.24, 2.45) is 0 Å². The van der Waals surface area contributed by atoms with Gasteiger partial charge in [-0.2, -0.15) is 0 Å². The lowest BCUT2D eigenvalue weighted by molar-refractivity contribution is 0.0204. The summed E-state index contributed by atoms with van der Waals surface area (Å²) in [7, 11) is 0. The van der Waals surface area contributed by atoms with E-state index in [2.05, 4.69) is 55.8 Å². The fourth-order valence-corrected chi connectivity index (χ4v) is 4.17. The number of alkyl halides is 1. The van der Waals surface area contributed by atoms with Gasteiger partial charge in [-0.1, -0.05) is 36.7 Å². The quantitative estimate of drug-likeness (QED) is 0.694. The molecule has 0 saturated carbocycles. The number of ether oxygens (including phenoxy) is 1. The molecule has 2 heterocycles. The first kappa shape index (κ1) is 13.6. The predicted molar refractivity (Wildman–Crippen MR) is 78.3 cm³/mol. The van der Waals surface area contributed by atoms with Crippen molar-refractivity contribution in [1.29, 1.82) is 0 Å². The second-order valence-electron chi connectivity index (χ2n) is 6.08. The van der Waals surface area contributed by atoms with E-state index in [-0.39, 0.29) is 11.0 Å². The largest absolute Gasteiger partial charge is 0.374 e. The smallest absolute Gasteiger partial charge is 0.0828 e. The number of hydrogen-bond donors (Lipinski definition) is 0. The lowest BCUT2D eigenvalue weighted by Crippen LogP contribution is -2.27. The molecule has 1 aliphatic rings.